The molecule has 1 amide bonds. The fourth-order valence-electron chi connectivity index (χ4n) is 5.27. The van der Waals surface area contributed by atoms with Crippen LogP contribution in [-0.2, 0) is 13.6 Å². The molecule has 0 spiro atoms. The van der Waals surface area contributed by atoms with Crippen LogP contribution in [0.4, 0.5) is 4.39 Å². The van der Waals surface area contributed by atoms with Crippen LogP contribution in [0, 0.1) is 17.7 Å². The molecule has 8 heteroatoms. The zero-order valence-corrected chi connectivity index (χ0v) is 17.6. The first-order valence-corrected chi connectivity index (χ1v) is 10.8. The van der Waals surface area contributed by atoms with Gasteiger partial charge in [-0.1, -0.05) is 12.1 Å². The summed E-state index contributed by atoms with van der Waals surface area (Å²) in [6, 6.07) is 8.35. The number of nitrogens with zero attached hydrogens (tertiary/aromatic N) is 6. The Bertz CT molecular complexity index is 1050. The van der Waals surface area contributed by atoms with Gasteiger partial charge in [-0.2, -0.15) is 5.10 Å². The van der Waals surface area contributed by atoms with E-state index in [0.717, 1.165) is 38.2 Å². The van der Waals surface area contributed by atoms with Gasteiger partial charge < -0.3 is 14.4 Å². The molecule has 0 saturated carbocycles. The Hall–Kier alpha value is -3.00. The van der Waals surface area contributed by atoms with Crippen molar-refractivity contribution >= 4 is 5.91 Å². The Morgan fingerprint density at radius 1 is 1.16 bits per heavy atom. The van der Waals surface area contributed by atoms with Crippen LogP contribution in [0.15, 0.2) is 55.2 Å². The molecule has 2 aromatic heterocycles. The Morgan fingerprint density at radius 3 is 2.81 bits per heavy atom. The highest BCUT2D eigenvalue weighted by molar-refractivity contribution is 5.93. The van der Waals surface area contributed by atoms with Gasteiger partial charge in [0.05, 0.1) is 12.4 Å². The first-order chi connectivity index (χ1) is 15.1. The van der Waals surface area contributed by atoms with Crippen molar-refractivity contribution in [3.8, 4) is 0 Å². The summed E-state index contributed by atoms with van der Waals surface area (Å²) in [4.78, 5) is 21.9. The summed E-state index contributed by atoms with van der Waals surface area (Å²) in [5.74, 6) is 0.394. The lowest BCUT2D eigenvalue weighted by atomic mass is 9.89. The molecule has 1 aromatic carbocycles. The number of fused-ring (bicyclic) bond motifs is 1. The van der Waals surface area contributed by atoms with Crippen molar-refractivity contribution in [2.75, 3.05) is 26.2 Å². The maximum absolute atomic E-state index is 14.1. The molecule has 162 valence electrons. The van der Waals surface area contributed by atoms with Crippen molar-refractivity contribution in [3.05, 3.63) is 72.3 Å². The number of likely N-dealkylation sites (tertiary alicyclic amines) is 2. The van der Waals surface area contributed by atoms with Gasteiger partial charge >= 0.3 is 0 Å². The molecular weight excluding hydrogens is 395 g/mol. The van der Waals surface area contributed by atoms with Crippen LogP contribution >= 0.6 is 0 Å². The molecular formula is C23H27FN6O. The number of amides is 1. The highest BCUT2D eigenvalue weighted by Gasteiger charge is 2.49. The molecule has 2 fully saturated rings. The van der Waals surface area contributed by atoms with Crippen molar-refractivity contribution in [2.45, 2.75) is 19.0 Å². The molecule has 3 aromatic rings. The fraction of sp³-hybridized carbons (Fsp3) is 0.435. The summed E-state index contributed by atoms with van der Waals surface area (Å²) >= 11 is 0. The summed E-state index contributed by atoms with van der Waals surface area (Å²) in [6.07, 6.45) is 8.33. The summed E-state index contributed by atoms with van der Waals surface area (Å²) < 4.78 is 17.8. The Kier molecular flexibility index (Phi) is 5.31. The third kappa shape index (κ3) is 3.87. The summed E-state index contributed by atoms with van der Waals surface area (Å²) in [5.41, 5.74) is 1.45. The smallest absolute Gasteiger partial charge is 0.272 e. The molecule has 0 bridgehead atoms. The molecule has 0 radical (unpaired) electrons. The number of benzene rings is 1. The van der Waals surface area contributed by atoms with Crippen LogP contribution in [0.25, 0.3) is 0 Å². The predicted molar refractivity (Wildman–Crippen MR) is 114 cm³/mol. The SMILES string of the molecule is Cn1nccc1C(=O)N1C[C@@H]2CN(CCCn3ccnc3)C[C@@H]2[C@@H]1c1cccc(F)c1. The number of carbonyl (C=O) groups is 1. The van der Waals surface area contributed by atoms with Gasteiger partial charge in [0.25, 0.3) is 5.91 Å². The van der Waals surface area contributed by atoms with Gasteiger partial charge in [0.15, 0.2) is 0 Å². The lowest BCUT2D eigenvalue weighted by molar-refractivity contribution is 0.0689. The first-order valence-electron chi connectivity index (χ1n) is 10.8. The molecule has 7 nitrogen and oxygen atoms in total. The Balaban J connectivity index is 1.34. The van der Waals surface area contributed by atoms with E-state index in [1.54, 1.807) is 42.3 Å². The number of carbonyl (C=O) groups excluding carboxylic acids is 1. The normalized spacial score (nSPS) is 23.4. The highest BCUT2D eigenvalue weighted by Crippen LogP contribution is 2.45. The zero-order valence-electron chi connectivity index (χ0n) is 17.6. The summed E-state index contributed by atoms with van der Waals surface area (Å²) in [5, 5.41) is 4.15. The number of hydrogen-bond acceptors (Lipinski definition) is 4. The van der Waals surface area contributed by atoms with Crippen molar-refractivity contribution in [1.82, 2.24) is 29.1 Å². The number of aryl methyl sites for hydroxylation is 2. The van der Waals surface area contributed by atoms with Gasteiger partial charge in [-0.05, 0) is 42.6 Å². The molecule has 5 rings (SSSR count). The van der Waals surface area contributed by atoms with Crippen molar-refractivity contribution in [1.29, 1.82) is 0 Å². The van der Waals surface area contributed by atoms with Crippen molar-refractivity contribution in [3.63, 3.8) is 0 Å². The number of imidazole rings is 1. The molecule has 0 aliphatic carbocycles. The number of rotatable bonds is 6. The topological polar surface area (TPSA) is 59.2 Å². The maximum atomic E-state index is 14.1. The molecule has 2 aliphatic rings. The van der Waals surface area contributed by atoms with E-state index in [2.05, 4.69) is 19.5 Å². The lowest BCUT2D eigenvalue weighted by Crippen LogP contribution is -2.37. The van der Waals surface area contributed by atoms with Crippen LogP contribution in [0.2, 0.25) is 0 Å². The van der Waals surface area contributed by atoms with E-state index >= 15 is 0 Å². The number of halogens is 1. The van der Waals surface area contributed by atoms with Crippen LogP contribution in [0.3, 0.4) is 0 Å². The highest BCUT2D eigenvalue weighted by atomic mass is 19.1. The van der Waals surface area contributed by atoms with E-state index in [9.17, 15) is 9.18 Å². The van der Waals surface area contributed by atoms with E-state index in [0.29, 0.717) is 24.1 Å². The van der Waals surface area contributed by atoms with Gasteiger partial charge in [0.1, 0.15) is 11.5 Å². The predicted octanol–water partition coefficient (Wildman–Crippen LogP) is 2.59. The molecule has 0 N–H and O–H groups in total. The second-order valence-corrected chi connectivity index (χ2v) is 8.63. The maximum Gasteiger partial charge on any atom is 0.272 e. The van der Waals surface area contributed by atoms with E-state index < -0.39 is 0 Å². The van der Waals surface area contributed by atoms with Gasteiger partial charge in [0, 0.05) is 57.7 Å². The third-order valence-corrected chi connectivity index (χ3v) is 6.68. The Morgan fingerprint density at radius 2 is 2.06 bits per heavy atom. The van der Waals surface area contributed by atoms with Gasteiger partial charge in [-0.15, -0.1) is 0 Å². The fourth-order valence-corrected chi connectivity index (χ4v) is 5.27. The third-order valence-electron chi connectivity index (χ3n) is 6.68. The molecule has 2 saturated heterocycles. The van der Waals surface area contributed by atoms with Gasteiger partial charge in [0.2, 0.25) is 0 Å². The minimum absolute atomic E-state index is 0.0321. The van der Waals surface area contributed by atoms with Crippen molar-refractivity contribution < 1.29 is 9.18 Å². The first kappa shape index (κ1) is 19.9. The quantitative estimate of drug-likeness (QED) is 0.613. The summed E-state index contributed by atoms with van der Waals surface area (Å²) in [7, 11) is 1.78. The lowest BCUT2D eigenvalue weighted by Gasteiger charge is -2.30. The van der Waals surface area contributed by atoms with Crippen LogP contribution in [0.1, 0.15) is 28.5 Å². The van der Waals surface area contributed by atoms with Crippen LogP contribution < -0.4 is 0 Å². The molecule has 3 atom stereocenters. The van der Waals surface area contributed by atoms with Gasteiger partial charge in [-0.3, -0.25) is 9.48 Å². The summed E-state index contributed by atoms with van der Waals surface area (Å²) in [6.45, 7) is 4.54. The van der Waals surface area contributed by atoms with E-state index in [-0.39, 0.29) is 17.8 Å². The second kappa shape index (κ2) is 8.26. The van der Waals surface area contributed by atoms with Crippen LogP contribution in [-0.4, -0.2) is 61.2 Å². The number of aromatic nitrogens is 4. The molecule has 4 heterocycles. The minimum Gasteiger partial charge on any atom is -0.337 e. The average Bonchev–Trinajstić information content (AvgIpc) is 3.52. The largest absolute Gasteiger partial charge is 0.337 e. The molecule has 31 heavy (non-hydrogen) atoms. The number of hydrogen-bond donors (Lipinski definition) is 0. The van der Waals surface area contributed by atoms with Crippen LogP contribution in [0.5, 0.6) is 0 Å². The molecule has 2 aliphatic heterocycles. The Labute approximate surface area is 181 Å². The van der Waals surface area contributed by atoms with E-state index in [1.807, 2.05) is 23.5 Å². The van der Waals surface area contributed by atoms with E-state index in [1.165, 1.54) is 6.07 Å². The zero-order chi connectivity index (χ0) is 21.4. The van der Waals surface area contributed by atoms with Gasteiger partial charge in [-0.25, -0.2) is 9.37 Å². The van der Waals surface area contributed by atoms with E-state index in [4.69, 9.17) is 0 Å². The minimum atomic E-state index is -0.260. The van der Waals surface area contributed by atoms with Crippen molar-refractivity contribution in [2.24, 2.45) is 18.9 Å². The molecule has 0 unspecified atom stereocenters. The second-order valence-electron chi connectivity index (χ2n) is 8.63. The monoisotopic (exact) mass is 422 g/mol. The average molecular weight is 423 g/mol. The standard InChI is InChI=1S/C23H27FN6O/c1-27-21(6-7-26-27)23(31)30-14-18-13-29(10-3-9-28-11-8-25-16-28)15-20(18)22(30)17-4-2-5-19(24)12-17/h2,4-8,11-12,16,18,20,22H,3,9-10,13-15H2,1H3/t18-,20-,22-/m0/s1.